The van der Waals surface area contributed by atoms with Crippen molar-refractivity contribution in [2.24, 2.45) is 5.92 Å². The molecule has 0 spiro atoms. The van der Waals surface area contributed by atoms with E-state index in [0.717, 1.165) is 17.9 Å². The summed E-state index contributed by atoms with van der Waals surface area (Å²) >= 11 is 0. The third-order valence-electron chi connectivity index (χ3n) is 8.86. The van der Waals surface area contributed by atoms with Crippen LogP contribution in [0.4, 0.5) is 11.6 Å². The highest BCUT2D eigenvalue weighted by Gasteiger charge is 2.33. The summed E-state index contributed by atoms with van der Waals surface area (Å²) in [6, 6.07) is 7.62. The van der Waals surface area contributed by atoms with Crippen LogP contribution in [0.2, 0.25) is 0 Å². The molecular formula is C39H59N9O7. The molecule has 0 aliphatic carbocycles. The molecule has 3 aromatic rings. The molecule has 1 aliphatic heterocycles. The average molecular weight is 766 g/mol. The standard InChI is InChI=1S/C39H59N9O7/c1-7-47-14-12-42-38(47)32-9-8-10-34(44-32)48-27-31-30(39(48)51)23-35(46(6)29(4)5)45-33(31)25-40-26-37(50)41-13-16-53-18-20-55-22-21-54-19-17-52-15-11-36(49)43-24-28(2)3/h8-10,12,14,23,28-29,40H,7,11,13,15-22,24-27H2,1-6H3,(H,41,50)(H,43,49). The van der Waals surface area contributed by atoms with E-state index in [1.54, 1.807) is 11.1 Å². The van der Waals surface area contributed by atoms with Crippen LogP contribution in [0.3, 0.4) is 0 Å². The smallest absolute Gasteiger partial charge is 0.260 e. The number of aromatic nitrogens is 4. The van der Waals surface area contributed by atoms with Gasteiger partial charge in [0.05, 0.1) is 77.2 Å². The number of anilines is 2. The first kappa shape index (κ1) is 43.3. The van der Waals surface area contributed by atoms with Crippen molar-refractivity contribution in [3.8, 4) is 11.5 Å². The molecule has 1 aliphatic rings. The van der Waals surface area contributed by atoms with Crippen molar-refractivity contribution in [3.05, 3.63) is 53.5 Å². The Morgan fingerprint density at radius 2 is 1.60 bits per heavy atom. The minimum absolute atomic E-state index is 0.00425. The Morgan fingerprint density at radius 1 is 0.909 bits per heavy atom. The number of hydrogen-bond acceptors (Lipinski definition) is 12. The molecule has 3 N–H and O–H groups in total. The second-order valence-electron chi connectivity index (χ2n) is 13.8. The van der Waals surface area contributed by atoms with Crippen LogP contribution in [0.1, 0.15) is 62.7 Å². The molecular weight excluding hydrogens is 706 g/mol. The first-order valence-corrected chi connectivity index (χ1v) is 19.2. The van der Waals surface area contributed by atoms with E-state index in [1.165, 1.54) is 0 Å². The largest absolute Gasteiger partial charge is 0.379 e. The molecule has 4 heterocycles. The van der Waals surface area contributed by atoms with Crippen molar-refractivity contribution < 1.29 is 33.3 Å². The second kappa shape index (κ2) is 22.8. The molecule has 0 radical (unpaired) electrons. The summed E-state index contributed by atoms with van der Waals surface area (Å²) in [6.07, 6.45) is 3.99. The van der Waals surface area contributed by atoms with E-state index in [9.17, 15) is 14.4 Å². The van der Waals surface area contributed by atoms with Gasteiger partial charge in [-0.1, -0.05) is 19.9 Å². The number of pyridine rings is 2. The zero-order chi connectivity index (χ0) is 39.6. The first-order chi connectivity index (χ1) is 26.6. The predicted octanol–water partition coefficient (Wildman–Crippen LogP) is 2.80. The molecule has 0 saturated carbocycles. The summed E-state index contributed by atoms with van der Waals surface area (Å²) in [6.45, 7) is 16.0. The van der Waals surface area contributed by atoms with E-state index in [4.69, 9.17) is 28.9 Å². The summed E-state index contributed by atoms with van der Waals surface area (Å²) in [5, 5.41) is 8.91. The number of amides is 3. The zero-order valence-electron chi connectivity index (χ0n) is 33.3. The summed E-state index contributed by atoms with van der Waals surface area (Å²) < 4.78 is 24.0. The van der Waals surface area contributed by atoms with Crippen LogP contribution in [0.15, 0.2) is 36.7 Å². The Hall–Kier alpha value is -4.48. The fourth-order valence-corrected chi connectivity index (χ4v) is 5.58. The van der Waals surface area contributed by atoms with Crippen LogP contribution in [0, 0.1) is 5.92 Å². The number of hydrogen-bond donors (Lipinski definition) is 3. The molecule has 0 atom stereocenters. The van der Waals surface area contributed by atoms with Crippen molar-refractivity contribution in [2.75, 3.05) is 89.3 Å². The molecule has 16 heteroatoms. The predicted molar refractivity (Wildman–Crippen MR) is 210 cm³/mol. The maximum atomic E-state index is 13.8. The number of carbonyl (C=O) groups is 3. The third kappa shape index (κ3) is 13.6. The monoisotopic (exact) mass is 765 g/mol. The number of imidazole rings is 1. The van der Waals surface area contributed by atoms with E-state index < -0.39 is 0 Å². The van der Waals surface area contributed by atoms with Crippen LogP contribution in [-0.2, 0) is 48.2 Å². The Balaban J connectivity index is 1.13. The maximum Gasteiger partial charge on any atom is 0.260 e. The molecule has 0 aromatic carbocycles. The highest BCUT2D eigenvalue weighted by Crippen LogP contribution is 2.32. The zero-order valence-corrected chi connectivity index (χ0v) is 33.3. The average Bonchev–Trinajstić information content (AvgIpc) is 3.79. The van der Waals surface area contributed by atoms with E-state index in [-0.39, 0.29) is 30.3 Å². The Labute approximate surface area is 324 Å². The van der Waals surface area contributed by atoms with Gasteiger partial charge in [-0.05, 0) is 44.9 Å². The van der Waals surface area contributed by atoms with Gasteiger partial charge in [0.1, 0.15) is 17.3 Å². The van der Waals surface area contributed by atoms with E-state index in [0.29, 0.717) is 120 Å². The quantitative estimate of drug-likeness (QED) is 0.102. The van der Waals surface area contributed by atoms with Gasteiger partial charge in [-0.3, -0.25) is 19.3 Å². The fourth-order valence-electron chi connectivity index (χ4n) is 5.58. The van der Waals surface area contributed by atoms with Crippen LogP contribution in [-0.4, -0.2) is 123 Å². The number of fused-ring (bicyclic) bond motifs is 1. The summed E-state index contributed by atoms with van der Waals surface area (Å²) in [5.74, 6) is 2.07. The molecule has 55 heavy (non-hydrogen) atoms. The normalized spacial score (nSPS) is 12.5. The topological polar surface area (TPSA) is 174 Å². The van der Waals surface area contributed by atoms with Crippen molar-refractivity contribution in [1.82, 2.24) is 35.5 Å². The van der Waals surface area contributed by atoms with Gasteiger partial charge in [0.15, 0.2) is 5.82 Å². The Bertz CT molecular complexity index is 1670. The third-order valence-corrected chi connectivity index (χ3v) is 8.86. The number of nitrogens with one attached hydrogen (secondary N) is 3. The molecule has 0 saturated heterocycles. The van der Waals surface area contributed by atoms with Crippen LogP contribution in [0.5, 0.6) is 0 Å². The van der Waals surface area contributed by atoms with Gasteiger partial charge in [-0.25, -0.2) is 15.0 Å². The number of nitrogens with zero attached hydrogens (tertiary/aromatic N) is 6. The van der Waals surface area contributed by atoms with Crippen molar-refractivity contribution in [2.45, 2.75) is 66.7 Å². The van der Waals surface area contributed by atoms with E-state index in [1.807, 2.05) is 53.9 Å². The lowest BCUT2D eigenvalue weighted by molar-refractivity contribution is -0.122. The molecule has 4 rings (SSSR count). The van der Waals surface area contributed by atoms with Crippen molar-refractivity contribution >= 4 is 29.4 Å². The van der Waals surface area contributed by atoms with Gasteiger partial charge >= 0.3 is 0 Å². The Morgan fingerprint density at radius 3 is 2.27 bits per heavy atom. The van der Waals surface area contributed by atoms with Gasteiger partial charge in [0, 0.05) is 63.6 Å². The summed E-state index contributed by atoms with van der Waals surface area (Å²) in [7, 11) is 1.95. The molecule has 3 amide bonds. The molecule has 302 valence electrons. The van der Waals surface area contributed by atoms with Gasteiger partial charge in [0.25, 0.3) is 5.91 Å². The molecule has 0 bridgehead atoms. The number of ether oxygens (including phenoxy) is 4. The Kier molecular flexibility index (Phi) is 17.9. The maximum absolute atomic E-state index is 13.8. The number of aryl methyl sites for hydroxylation is 1. The van der Waals surface area contributed by atoms with E-state index in [2.05, 4.69) is 48.6 Å². The van der Waals surface area contributed by atoms with Gasteiger partial charge in [-0.2, -0.15) is 0 Å². The highest BCUT2D eigenvalue weighted by atomic mass is 16.6. The SMILES string of the molecule is CCn1ccnc1-c1cccc(N2Cc3c(cc(N(C)C(C)C)nc3CNCC(=O)NCCOCCOCCOCCOCCC(=O)NCC(C)C)C2=O)n1. The van der Waals surface area contributed by atoms with Crippen LogP contribution >= 0.6 is 0 Å². The molecule has 0 fully saturated rings. The van der Waals surface area contributed by atoms with Crippen molar-refractivity contribution in [3.63, 3.8) is 0 Å². The van der Waals surface area contributed by atoms with E-state index >= 15 is 0 Å². The minimum Gasteiger partial charge on any atom is -0.379 e. The van der Waals surface area contributed by atoms with Gasteiger partial charge in [0.2, 0.25) is 11.8 Å². The second-order valence-corrected chi connectivity index (χ2v) is 13.8. The van der Waals surface area contributed by atoms with Gasteiger partial charge in [-0.15, -0.1) is 0 Å². The lowest BCUT2D eigenvalue weighted by Gasteiger charge is -2.24. The molecule has 16 nitrogen and oxygen atoms in total. The molecule has 3 aromatic heterocycles. The minimum atomic E-state index is -0.174. The van der Waals surface area contributed by atoms with Crippen LogP contribution in [0.25, 0.3) is 11.5 Å². The highest BCUT2D eigenvalue weighted by molar-refractivity contribution is 6.10. The lowest BCUT2D eigenvalue weighted by atomic mass is 10.1. The van der Waals surface area contributed by atoms with Crippen molar-refractivity contribution in [1.29, 1.82) is 0 Å². The van der Waals surface area contributed by atoms with Gasteiger partial charge < -0.3 is 44.4 Å². The number of carbonyl (C=O) groups excluding carboxylic acids is 3. The van der Waals surface area contributed by atoms with Crippen LogP contribution < -0.4 is 25.8 Å². The molecule has 0 unspecified atom stereocenters. The fraction of sp³-hybridized carbons (Fsp3) is 0.590. The summed E-state index contributed by atoms with van der Waals surface area (Å²) in [4.78, 5) is 56.0. The first-order valence-electron chi connectivity index (χ1n) is 19.2. The summed E-state index contributed by atoms with van der Waals surface area (Å²) in [5.41, 5.74) is 2.79. The lowest BCUT2D eigenvalue weighted by Crippen LogP contribution is -2.36. The number of rotatable bonds is 26.